The Labute approximate surface area is 161 Å². The van der Waals surface area contributed by atoms with Gasteiger partial charge in [0, 0.05) is 29.7 Å². The van der Waals surface area contributed by atoms with Gasteiger partial charge in [-0.3, -0.25) is 9.69 Å². The molecule has 5 N–H and O–H groups in total. The molecule has 9 nitrogen and oxygen atoms in total. The Hall–Kier alpha value is -3.23. The minimum atomic E-state index is -1.25. The van der Waals surface area contributed by atoms with Crippen LogP contribution in [0.25, 0.3) is 10.9 Å². The van der Waals surface area contributed by atoms with Crippen LogP contribution >= 0.6 is 0 Å². The summed E-state index contributed by atoms with van der Waals surface area (Å²) in [7, 11) is 0. The lowest BCUT2D eigenvalue weighted by Gasteiger charge is -2.13. The molecule has 150 valence electrons. The molecule has 0 bridgehead atoms. The number of fused-ring (bicyclic) bond motifs is 3. The number of hydrogen-bond donors (Lipinski definition) is 4. The van der Waals surface area contributed by atoms with E-state index in [1.807, 2.05) is 18.2 Å². The SMILES string of the molecule is NC(=O)N1CCc2c1ccc1[nH]c(C(=O)NCCCCCCOC(=O)O)cc21. The molecule has 2 heterocycles. The van der Waals surface area contributed by atoms with Crippen molar-refractivity contribution in [1.29, 1.82) is 0 Å². The number of hydrogen-bond acceptors (Lipinski definition) is 4. The van der Waals surface area contributed by atoms with E-state index in [9.17, 15) is 14.4 Å². The number of ether oxygens (including phenoxy) is 1. The number of benzene rings is 1. The van der Waals surface area contributed by atoms with Gasteiger partial charge < -0.3 is 25.9 Å². The van der Waals surface area contributed by atoms with E-state index in [0.717, 1.165) is 41.4 Å². The zero-order valence-electron chi connectivity index (χ0n) is 15.5. The van der Waals surface area contributed by atoms with Crippen LogP contribution in [0.3, 0.4) is 0 Å². The van der Waals surface area contributed by atoms with Crippen molar-refractivity contribution in [1.82, 2.24) is 10.3 Å². The zero-order valence-corrected chi connectivity index (χ0v) is 15.5. The maximum absolute atomic E-state index is 12.4. The van der Waals surface area contributed by atoms with Crippen molar-refractivity contribution in [2.75, 3.05) is 24.6 Å². The molecule has 0 saturated heterocycles. The Bertz CT molecular complexity index is 892. The van der Waals surface area contributed by atoms with Crippen LogP contribution in [-0.2, 0) is 11.2 Å². The second-order valence-electron chi connectivity index (χ2n) is 6.73. The van der Waals surface area contributed by atoms with Gasteiger partial charge in [0.15, 0.2) is 0 Å². The fourth-order valence-corrected chi connectivity index (χ4v) is 3.50. The lowest BCUT2D eigenvalue weighted by Crippen LogP contribution is -2.33. The fraction of sp³-hybridized carbons (Fsp3) is 0.421. The first-order valence-electron chi connectivity index (χ1n) is 9.33. The van der Waals surface area contributed by atoms with Crippen molar-refractivity contribution in [3.63, 3.8) is 0 Å². The summed E-state index contributed by atoms with van der Waals surface area (Å²) < 4.78 is 4.44. The topological polar surface area (TPSA) is 138 Å². The Morgan fingerprint density at radius 3 is 2.75 bits per heavy atom. The van der Waals surface area contributed by atoms with E-state index in [0.29, 0.717) is 31.6 Å². The number of unbranched alkanes of at least 4 members (excludes halogenated alkanes) is 3. The van der Waals surface area contributed by atoms with E-state index < -0.39 is 12.2 Å². The maximum atomic E-state index is 12.4. The lowest BCUT2D eigenvalue weighted by molar-refractivity contribution is 0.0894. The molecular formula is C19H24N4O5. The molecule has 0 fully saturated rings. The predicted octanol–water partition coefficient (Wildman–Crippen LogP) is 2.59. The van der Waals surface area contributed by atoms with E-state index in [-0.39, 0.29) is 12.5 Å². The number of amides is 3. The van der Waals surface area contributed by atoms with Gasteiger partial charge in [-0.1, -0.05) is 6.42 Å². The van der Waals surface area contributed by atoms with Gasteiger partial charge in [-0.25, -0.2) is 9.59 Å². The molecule has 9 heteroatoms. The molecule has 1 aromatic heterocycles. The van der Waals surface area contributed by atoms with E-state index in [1.54, 1.807) is 4.90 Å². The quantitative estimate of drug-likeness (QED) is 0.407. The number of rotatable bonds is 8. The molecule has 0 aliphatic carbocycles. The summed E-state index contributed by atoms with van der Waals surface area (Å²) in [4.78, 5) is 38.8. The number of primary amides is 1. The molecule has 0 atom stereocenters. The fourth-order valence-electron chi connectivity index (χ4n) is 3.50. The van der Waals surface area contributed by atoms with Gasteiger partial charge >= 0.3 is 12.2 Å². The molecule has 0 radical (unpaired) electrons. The van der Waals surface area contributed by atoms with Crippen LogP contribution in [-0.4, -0.2) is 47.9 Å². The van der Waals surface area contributed by atoms with Crippen molar-refractivity contribution in [3.05, 3.63) is 29.5 Å². The van der Waals surface area contributed by atoms with Gasteiger partial charge in [-0.15, -0.1) is 0 Å². The molecule has 1 aliphatic rings. The monoisotopic (exact) mass is 388 g/mol. The number of aromatic amines is 1. The van der Waals surface area contributed by atoms with E-state index in [1.165, 1.54) is 0 Å². The Morgan fingerprint density at radius 1 is 1.21 bits per heavy atom. The smallest absolute Gasteiger partial charge is 0.450 e. The average molecular weight is 388 g/mol. The highest BCUT2D eigenvalue weighted by Crippen LogP contribution is 2.34. The number of carbonyl (C=O) groups excluding carboxylic acids is 2. The van der Waals surface area contributed by atoms with Gasteiger partial charge in [-0.05, 0) is 49.4 Å². The average Bonchev–Trinajstić information content (AvgIpc) is 3.26. The normalized spacial score (nSPS) is 12.8. The Balaban J connectivity index is 1.51. The molecule has 3 rings (SSSR count). The Morgan fingerprint density at radius 2 is 2.00 bits per heavy atom. The van der Waals surface area contributed by atoms with Crippen molar-refractivity contribution < 1.29 is 24.2 Å². The van der Waals surface area contributed by atoms with E-state index in [2.05, 4.69) is 15.0 Å². The summed E-state index contributed by atoms with van der Waals surface area (Å²) in [6, 6.07) is 5.05. The third kappa shape index (κ3) is 4.36. The number of carbonyl (C=O) groups is 3. The maximum Gasteiger partial charge on any atom is 0.505 e. The van der Waals surface area contributed by atoms with Gasteiger partial charge in [0.2, 0.25) is 0 Å². The molecule has 1 aromatic carbocycles. The van der Waals surface area contributed by atoms with Crippen LogP contribution in [0, 0.1) is 0 Å². The summed E-state index contributed by atoms with van der Waals surface area (Å²) in [6.45, 7) is 1.30. The lowest BCUT2D eigenvalue weighted by atomic mass is 10.1. The molecular weight excluding hydrogens is 364 g/mol. The number of carboxylic acid groups (broad SMARTS) is 1. The molecule has 0 saturated carbocycles. The van der Waals surface area contributed by atoms with Crippen molar-refractivity contribution in [2.45, 2.75) is 32.1 Å². The van der Waals surface area contributed by atoms with Gasteiger partial charge in [0.1, 0.15) is 5.69 Å². The number of aromatic nitrogens is 1. The third-order valence-electron chi connectivity index (χ3n) is 4.86. The number of nitrogens with zero attached hydrogens (tertiary/aromatic N) is 1. The van der Waals surface area contributed by atoms with Crippen LogP contribution in [0.4, 0.5) is 15.3 Å². The van der Waals surface area contributed by atoms with Crippen LogP contribution < -0.4 is 16.0 Å². The molecule has 28 heavy (non-hydrogen) atoms. The first-order chi connectivity index (χ1) is 13.5. The van der Waals surface area contributed by atoms with E-state index >= 15 is 0 Å². The summed E-state index contributed by atoms with van der Waals surface area (Å²) >= 11 is 0. The highest BCUT2D eigenvalue weighted by molar-refractivity contribution is 6.03. The van der Waals surface area contributed by atoms with Crippen molar-refractivity contribution >= 4 is 34.7 Å². The number of urea groups is 1. The second-order valence-corrected chi connectivity index (χ2v) is 6.73. The van der Waals surface area contributed by atoms with Crippen LogP contribution in [0.2, 0.25) is 0 Å². The predicted molar refractivity (Wildman–Crippen MR) is 104 cm³/mol. The highest BCUT2D eigenvalue weighted by atomic mass is 16.7. The second kappa shape index (κ2) is 8.64. The highest BCUT2D eigenvalue weighted by Gasteiger charge is 2.25. The van der Waals surface area contributed by atoms with Crippen LogP contribution in [0.5, 0.6) is 0 Å². The minimum absolute atomic E-state index is 0.177. The number of nitrogens with two attached hydrogens (primary N) is 1. The third-order valence-corrected chi connectivity index (χ3v) is 4.86. The Kier molecular flexibility index (Phi) is 6.03. The molecule has 0 unspecified atom stereocenters. The number of H-pyrrole nitrogens is 1. The molecule has 1 aliphatic heterocycles. The van der Waals surface area contributed by atoms with Crippen LogP contribution in [0.1, 0.15) is 41.7 Å². The molecule has 3 amide bonds. The summed E-state index contributed by atoms with van der Waals surface area (Å²) in [5, 5.41) is 12.2. The summed E-state index contributed by atoms with van der Waals surface area (Å²) in [6.07, 6.45) is 2.67. The van der Waals surface area contributed by atoms with Gasteiger partial charge in [0.25, 0.3) is 5.91 Å². The zero-order chi connectivity index (χ0) is 20.1. The van der Waals surface area contributed by atoms with Crippen molar-refractivity contribution in [2.24, 2.45) is 5.73 Å². The van der Waals surface area contributed by atoms with Gasteiger partial charge in [-0.2, -0.15) is 0 Å². The first kappa shape index (κ1) is 19.5. The molecule has 0 spiro atoms. The van der Waals surface area contributed by atoms with Gasteiger partial charge in [0.05, 0.1) is 6.61 Å². The molecule has 2 aromatic rings. The summed E-state index contributed by atoms with van der Waals surface area (Å²) in [5.74, 6) is -0.177. The number of nitrogens with one attached hydrogen (secondary N) is 2. The first-order valence-corrected chi connectivity index (χ1v) is 9.33. The van der Waals surface area contributed by atoms with Crippen LogP contribution in [0.15, 0.2) is 18.2 Å². The van der Waals surface area contributed by atoms with E-state index in [4.69, 9.17) is 10.8 Å². The van der Waals surface area contributed by atoms with Crippen molar-refractivity contribution in [3.8, 4) is 0 Å². The largest absolute Gasteiger partial charge is 0.505 e. The number of anilines is 1. The minimum Gasteiger partial charge on any atom is -0.450 e. The summed E-state index contributed by atoms with van der Waals surface area (Å²) in [5.41, 5.74) is 8.58. The standard InChI is InChI=1S/C19H24N4O5/c20-18(25)23-9-7-12-13-11-15(22-14(13)5-6-16(12)23)17(24)21-8-3-1-2-4-10-28-19(26)27/h5-6,11,22H,1-4,7-10H2,(H2,20,25)(H,21,24)(H,26,27).